The zero-order valence-corrected chi connectivity index (χ0v) is 12.9. The zero-order valence-electron chi connectivity index (χ0n) is 12.9. The van der Waals surface area contributed by atoms with Crippen molar-refractivity contribution in [2.24, 2.45) is 0 Å². The molecule has 0 aliphatic carbocycles. The highest BCUT2D eigenvalue weighted by atomic mass is 16.5. The summed E-state index contributed by atoms with van der Waals surface area (Å²) in [5.41, 5.74) is 1.28. The number of hydrogen-bond donors (Lipinski definition) is 1. The van der Waals surface area contributed by atoms with E-state index in [0.29, 0.717) is 12.1 Å². The van der Waals surface area contributed by atoms with Gasteiger partial charge in [-0.15, -0.1) is 0 Å². The summed E-state index contributed by atoms with van der Waals surface area (Å²) in [6, 6.07) is 9.33. The van der Waals surface area contributed by atoms with E-state index in [4.69, 9.17) is 4.74 Å². The molecule has 1 atom stereocenters. The number of rotatable bonds is 8. The molecule has 3 heteroatoms. The van der Waals surface area contributed by atoms with Crippen molar-refractivity contribution >= 4 is 0 Å². The Balaban J connectivity index is 2.46. The molecule has 0 heterocycles. The second-order valence-corrected chi connectivity index (χ2v) is 5.45. The van der Waals surface area contributed by atoms with E-state index < -0.39 is 0 Å². The maximum atomic E-state index is 5.41. The Morgan fingerprint density at radius 1 is 1.21 bits per heavy atom. The van der Waals surface area contributed by atoms with E-state index in [0.717, 1.165) is 25.3 Å². The summed E-state index contributed by atoms with van der Waals surface area (Å²) in [5.74, 6) is 0.989. The highest BCUT2D eigenvalue weighted by Gasteiger charge is 2.12. The molecule has 1 aromatic rings. The van der Waals surface area contributed by atoms with Crippen LogP contribution in [0.5, 0.6) is 5.75 Å². The number of nitrogens with zero attached hydrogens (tertiary/aromatic N) is 1. The molecule has 1 aromatic carbocycles. The van der Waals surface area contributed by atoms with E-state index in [1.165, 1.54) is 5.56 Å². The standard InChI is InChI=1S/C16H28N2O/c1-13(2)17-10-11-18(4)14(3)12-15-8-6-7-9-16(15)19-5/h6-9,13-14,17H,10-12H2,1-5H3. The lowest BCUT2D eigenvalue weighted by molar-refractivity contribution is 0.252. The molecule has 1 rings (SSSR count). The van der Waals surface area contributed by atoms with Gasteiger partial charge in [0.05, 0.1) is 7.11 Å². The Hall–Kier alpha value is -1.06. The van der Waals surface area contributed by atoms with Gasteiger partial charge in [0.1, 0.15) is 5.75 Å². The van der Waals surface area contributed by atoms with Crippen molar-refractivity contribution in [3.05, 3.63) is 29.8 Å². The number of hydrogen-bond acceptors (Lipinski definition) is 3. The molecule has 0 bridgehead atoms. The zero-order chi connectivity index (χ0) is 14.3. The average Bonchev–Trinajstić information content (AvgIpc) is 2.38. The minimum Gasteiger partial charge on any atom is -0.496 e. The Morgan fingerprint density at radius 2 is 1.89 bits per heavy atom. The first kappa shape index (κ1) is 16.0. The first-order valence-corrected chi connectivity index (χ1v) is 7.10. The van der Waals surface area contributed by atoms with Crippen LogP contribution in [0.3, 0.4) is 0 Å². The van der Waals surface area contributed by atoms with Crippen LogP contribution in [0.1, 0.15) is 26.3 Å². The van der Waals surface area contributed by atoms with Gasteiger partial charge < -0.3 is 15.0 Å². The lowest BCUT2D eigenvalue weighted by Crippen LogP contribution is -2.38. The summed E-state index contributed by atoms with van der Waals surface area (Å²) in [6.07, 6.45) is 1.02. The van der Waals surface area contributed by atoms with Crippen LogP contribution in [0.2, 0.25) is 0 Å². The molecule has 19 heavy (non-hydrogen) atoms. The Morgan fingerprint density at radius 3 is 2.53 bits per heavy atom. The van der Waals surface area contributed by atoms with Gasteiger partial charge in [-0.3, -0.25) is 0 Å². The molecule has 0 fully saturated rings. The molecule has 0 saturated carbocycles. The summed E-state index contributed by atoms with van der Waals surface area (Å²) in [5, 5.41) is 3.45. The Bertz CT molecular complexity index is 366. The van der Waals surface area contributed by atoms with Gasteiger partial charge in [0, 0.05) is 25.2 Å². The fourth-order valence-corrected chi connectivity index (χ4v) is 2.10. The summed E-state index contributed by atoms with van der Waals surface area (Å²) in [6.45, 7) is 8.72. The number of nitrogens with one attached hydrogen (secondary N) is 1. The molecule has 0 aliphatic rings. The Kier molecular flexibility index (Phi) is 6.89. The first-order chi connectivity index (χ1) is 9.04. The second kappa shape index (κ2) is 8.18. The minimum absolute atomic E-state index is 0.505. The van der Waals surface area contributed by atoms with Crippen molar-refractivity contribution in [3.63, 3.8) is 0 Å². The van der Waals surface area contributed by atoms with Crippen LogP contribution in [0.15, 0.2) is 24.3 Å². The average molecular weight is 264 g/mol. The quantitative estimate of drug-likeness (QED) is 0.781. The lowest BCUT2D eigenvalue weighted by Gasteiger charge is -2.26. The monoisotopic (exact) mass is 264 g/mol. The van der Waals surface area contributed by atoms with Crippen LogP contribution in [0, 0.1) is 0 Å². The van der Waals surface area contributed by atoms with Gasteiger partial charge in [-0.2, -0.15) is 0 Å². The van der Waals surface area contributed by atoms with E-state index in [1.807, 2.05) is 12.1 Å². The van der Waals surface area contributed by atoms with Crippen LogP contribution < -0.4 is 10.1 Å². The molecule has 3 nitrogen and oxygen atoms in total. The number of likely N-dealkylation sites (N-methyl/N-ethyl adjacent to an activating group) is 1. The van der Waals surface area contributed by atoms with Gasteiger partial charge in [-0.05, 0) is 32.0 Å². The van der Waals surface area contributed by atoms with E-state index in [2.05, 4.69) is 50.2 Å². The van der Waals surface area contributed by atoms with E-state index in [-0.39, 0.29) is 0 Å². The van der Waals surface area contributed by atoms with Crippen molar-refractivity contribution in [3.8, 4) is 5.75 Å². The number of ether oxygens (including phenoxy) is 1. The fraction of sp³-hybridized carbons (Fsp3) is 0.625. The molecule has 0 spiro atoms. The highest BCUT2D eigenvalue weighted by Crippen LogP contribution is 2.19. The van der Waals surface area contributed by atoms with Crippen LogP contribution >= 0.6 is 0 Å². The molecule has 0 radical (unpaired) electrons. The smallest absolute Gasteiger partial charge is 0.122 e. The van der Waals surface area contributed by atoms with Crippen LogP contribution in [-0.2, 0) is 6.42 Å². The largest absolute Gasteiger partial charge is 0.496 e. The molecule has 0 saturated heterocycles. The van der Waals surface area contributed by atoms with Crippen LogP contribution in [0.25, 0.3) is 0 Å². The van der Waals surface area contributed by atoms with Crippen molar-refractivity contribution in [1.29, 1.82) is 0 Å². The normalized spacial score (nSPS) is 13.0. The molecule has 0 aliphatic heterocycles. The predicted molar refractivity (Wildman–Crippen MR) is 81.9 cm³/mol. The number of para-hydroxylation sites is 1. The molecule has 0 amide bonds. The molecule has 1 unspecified atom stereocenters. The van der Waals surface area contributed by atoms with Crippen molar-refractivity contribution < 1.29 is 4.74 Å². The van der Waals surface area contributed by atoms with E-state index >= 15 is 0 Å². The summed E-state index contributed by atoms with van der Waals surface area (Å²) >= 11 is 0. The molecule has 1 N–H and O–H groups in total. The topological polar surface area (TPSA) is 24.5 Å². The van der Waals surface area contributed by atoms with Gasteiger partial charge in [-0.1, -0.05) is 32.0 Å². The number of benzene rings is 1. The fourth-order valence-electron chi connectivity index (χ4n) is 2.10. The van der Waals surface area contributed by atoms with E-state index in [9.17, 15) is 0 Å². The van der Waals surface area contributed by atoms with E-state index in [1.54, 1.807) is 7.11 Å². The number of methoxy groups -OCH3 is 1. The summed E-state index contributed by atoms with van der Waals surface area (Å²) in [4.78, 5) is 2.39. The van der Waals surface area contributed by atoms with Gasteiger partial charge in [0.2, 0.25) is 0 Å². The third kappa shape index (κ3) is 5.62. The van der Waals surface area contributed by atoms with Gasteiger partial charge in [-0.25, -0.2) is 0 Å². The third-order valence-corrected chi connectivity index (χ3v) is 3.48. The molecule has 108 valence electrons. The van der Waals surface area contributed by atoms with Gasteiger partial charge in [0.25, 0.3) is 0 Å². The molecular weight excluding hydrogens is 236 g/mol. The minimum atomic E-state index is 0.505. The van der Waals surface area contributed by atoms with Crippen LogP contribution in [0.4, 0.5) is 0 Å². The maximum Gasteiger partial charge on any atom is 0.122 e. The molecule has 0 aromatic heterocycles. The highest BCUT2D eigenvalue weighted by molar-refractivity contribution is 5.33. The van der Waals surface area contributed by atoms with Crippen molar-refractivity contribution in [1.82, 2.24) is 10.2 Å². The van der Waals surface area contributed by atoms with Crippen molar-refractivity contribution in [2.75, 3.05) is 27.2 Å². The SMILES string of the molecule is COc1ccccc1CC(C)N(C)CCNC(C)C. The summed E-state index contributed by atoms with van der Waals surface area (Å²) < 4.78 is 5.41. The van der Waals surface area contributed by atoms with Gasteiger partial charge in [0.15, 0.2) is 0 Å². The first-order valence-electron chi connectivity index (χ1n) is 7.10. The Labute approximate surface area is 118 Å². The lowest BCUT2D eigenvalue weighted by atomic mass is 10.1. The van der Waals surface area contributed by atoms with Crippen LogP contribution in [-0.4, -0.2) is 44.2 Å². The second-order valence-electron chi connectivity index (χ2n) is 5.45. The van der Waals surface area contributed by atoms with Gasteiger partial charge >= 0.3 is 0 Å². The molecular formula is C16H28N2O. The maximum absolute atomic E-state index is 5.41. The summed E-state index contributed by atoms with van der Waals surface area (Å²) in [7, 11) is 3.92. The van der Waals surface area contributed by atoms with Crippen molar-refractivity contribution in [2.45, 2.75) is 39.3 Å². The third-order valence-electron chi connectivity index (χ3n) is 3.48. The predicted octanol–water partition coefficient (Wildman–Crippen LogP) is 2.56.